The molecule has 0 spiro atoms. The summed E-state index contributed by atoms with van der Waals surface area (Å²) < 4.78 is 4.68. The summed E-state index contributed by atoms with van der Waals surface area (Å²) in [7, 11) is 0. The number of benzene rings is 1. The molecule has 0 bridgehead atoms. The van der Waals surface area contributed by atoms with Gasteiger partial charge in [0.25, 0.3) is 0 Å². The Labute approximate surface area is 119 Å². The average molecular weight is 298 g/mol. The minimum absolute atomic E-state index is 0.119. The number of halogens is 2. The summed E-state index contributed by atoms with van der Waals surface area (Å²) in [5, 5.41) is 0.533. The van der Waals surface area contributed by atoms with Gasteiger partial charge in [-0.25, -0.2) is 14.8 Å². The lowest BCUT2D eigenvalue weighted by molar-refractivity contribution is 0.150. The number of nitrogens with zero attached hydrogens (tertiary/aromatic N) is 2. The highest BCUT2D eigenvalue weighted by Gasteiger charge is 2.07. The average Bonchev–Trinajstić information content (AvgIpc) is 2.40. The molecule has 2 aromatic rings. The molecule has 0 fully saturated rings. The van der Waals surface area contributed by atoms with E-state index in [9.17, 15) is 4.79 Å². The molecule has 0 saturated carbocycles. The zero-order valence-corrected chi connectivity index (χ0v) is 11.1. The number of carbonyl (C=O) groups excluding carboxylic acids is 1. The zero-order chi connectivity index (χ0) is 13.8. The maximum absolute atomic E-state index is 10.5. The Balaban J connectivity index is 2.22. The first-order valence-electron chi connectivity index (χ1n) is 5.26. The van der Waals surface area contributed by atoms with E-state index in [-0.39, 0.29) is 11.9 Å². The van der Waals surface area contributed by atoms with Gasteiger partial charge in [-0.1, -0.05) is 35.9 Å². The van der Waals surface area contributed by atoms with Crippen LogP contribution in [0.25, 0.3) is 11.3 Å². The first-order chi connectivity index (χ1) is 9.06. The van der Waals surface area contributed by atoms with Crippen molar-refractivity contribution in [3.8, 4) is 11.3 Å². The van der Waals surface area contributed by atoms with Crippen LogP contribution in [0.3, 0.4) is 0 Å². The second kappa shape index (κ2) is 5.86. The van der Waals surface area contributed by atoms with Crippen LogP contribution in [0.5, 0.6) is 0 Å². The van der Waals surface area contributed by atoms with Gasteiger partial charge in [0, 0.05) is 5.56 Å². The van der Waals surface area contributed by atoms with Gasteiger partial charge in [0.15, 0.2) is 0 Å². The Morgan fingerprint density at radius 2 is 1.95 bits per heavy atom. The van der Waals surface area contributed by atoms with Gasteiger partial charge in [-0.2, -0.15) is 0 Å². The third kappa shape index (κ3) is 3.56. The molecule has 1 amide bonds. The van der Waals surface area contributed by atoms with Crippen molar-refractivity contribution >= 4 is 29.3 Å². The van der Waals surface area contributed by atoms with Crippen molar-refractivity contribution in [2.24, 2.45) is 5.73 Å². The molecular formula is C12H9Cl2N3O2. The molecule has 0 aliphatic rings. The molecule has 0 aliphatic heterocycles. The van der Waals surface area contributed by atoms with Crippen molar-refractivity contribution < 1.29 is 9.53 Å². The molecule has 0 atom stereocenters. The van der Waals surface area contributed by atoms with Crippen LogP contribution in [0, 0.1) is 0 Å². The summed E-state index contributed by atoms with van der Waals surface area (Å²) in [6, 6.07) is 7.16. The minimum atomic E-state index is -0.810. The fraction of sp³-hybridized carbons (Fsp3) is 0.0833. The maximum Gasteiger partial charge on any atom is 0.404 e. The number of nitrogens with two attached hydrogens (primary N) is 1. The monoisotopic (exact) mass is 297 g/mol. The van der Waals surface area contributed by atoms with Crippen molar-refractivity contribution in [2.45, 2.75) is 6.61 Å². The van der Waals surface area contributed by atoms with Gasteiger partial charge < -0.3 is 10.5 Å². The summed E-state index contributed by atoms with van der Waals surface area (Å²) in [6.07, 6.45) is 0.630. The molecular weight excluding hydrogens is 289 g/mol. The minimum Gasteiger partial charge on any atom is -0.445 e. The van der Waals surface area contributed by atoms with Gasteiger partial charge in [0.1, 0.15) is 6.61 Å². The number of primary amides is 1. The fourth-order valence-corrected chi connectivity index (χ4v) is 1.79. The van der Waals surface area contributed by atoms with Crippen molar-refractivity contribution in [2.75, 3.05) is 0 Å². The van der Waals surface area contributed by atoms with Crippen molar-refractivity contribution in [1.29, 1.82) is 0 Å². The van der Waals surface area contributed by atoms with E-state index in [0.29, 0.717) is 10.7 Å². The number of rotatable bonds is 3. The lowest BCUT2D eigenvalue weighted by Gasteiger charge is -2.05. The zero-order valence-electron chi connectivity index (χ0n) is 9.64. The SMILES string of the molecule is NC(=O)OCc1ccc(-c2nc(Cl)ncc2Cl)cc1. The van der Waals surface area contributed by atoms with Crippen molar-refractivity contribution in [3.63, 3.8) is 0 Å². The topological polar surface area (TPSA) is 78.1 Å². The van der Waals surface area contributed by atoms with Crippen LogP contribution in [0.1, 0.15) is 5.56 Å². The highest BCUT2D eigenvalue weighted by molar-refractivity contribution is 6.33. The summed E-state index contributed by atoms with van der Waals surface area (Å²) >= 11 is 11.7. The number of ether oxygens (including phenoxy) is 1. The molecule has 0 saturated heterocycles. The highest BCUT2D eigenvalue weighted by Crippen LogP contribution is 2.26. The third-order valence-electron chi connectivity index (χ3n) is 2.32. The van der Waals surface area contributed by atoms with E-state index in [4.69, 9.17) is 28.9 Å². The van der Waals surface area contributed by atoms with Gasteiger partial charge in [-0.15, -0.1) is 0 Å². The lowest BCUT2D eigenvalue weighted by atomic mass is 10.1. The third-order valence-corrected chi connectivity index (χ3v) is 2.78. The standard InChI is InChI=1S/C12H9Cl2N3O2/c13-9-5-16-11(14)17-10(9)8-3-1-7(2-4-8)6-19-12(15)18/h1-5H,6H2,(H2,15,18). The second-order valence-electron chi connectivity index (χ2n) is 3.64. The Bertz CT molecular complexity index is 602. The van der Waals surface area contributed by atoms with E-state index in [1.54, 1.807) is 24.3 Å². The second-order valence-corrected chi connectivity index (χ2v) is 4.39. The number of amides is 1. The fourth-order valence-electron chi connectivity index (χ4n) is 1.46. The molecule has 0 radical (unpaired) electrons. The Morgan fingerprint density at radius 1 is 1.26 bits per heavy atom. The molecule has 2 N–H and O–H groups in total. The van der Waals surface area contributed by atoms with Crippen LogP contribution in [-0.2, 0) is 11.3 Å². The molecule has 1 aromatic heterocycles. The molecule has 0 unspecified atom stereocenters. The predicted molar refractivity (Wildman–Crippen MR) is 71.9 cm³/mol. The lowest BCUT2D eigenvalue weighted by Crippen LogP contribution is -2.12. The molecule has 2 rings (SSSR count). The first-order valence-corrected chi connectivity index (χ1v) is 6.01. The Hall–Kier alpha value is -1.85. The first kappa shape index (κ1) is 13.6. The van der Waals surface area contributed by atoms with E-state index in [2.05, 4.69) is 14.7 Å². The van der Waals surface area contributed by atoms with Crippen molar-refractivity contribution in [1.82, 2.24) is 9.97 Å². The smallest absolute Gasteiger partial charge is 0.404 e. The predicted octanol–water partition coefficient (Wildman–Crippen LogP) is 3.05. The van der Waals surface area contributed by atoms with Gasteiger partial charge in [0.2, 0.25) is 5.28 Å². The quantitative estimate of drug-likeness (QED) is 0.883. The van der Waals surface area contributed by atoms with Crippen LogP contribution in [0.4, 0.5) is 4.79 Å². The molecule has 1 heterocycles. The van der Waals surface area contributed by atoms with E-state index in [0.717, 1.165) is 11.1 Å². The molecule has 7 heteroatoms. The molecule has 1 aromatic carbocycles. The van der Waals surface area contributed by atoms with Gasteiger partial charge in [-0.3, -0.25) is 0 Å². The van der Waals surface area contributed by atoms with E-state index >= 15 is 0 Å². The number of hydrogen-bond donors (Lipinski definition) is 1. The normalized spacial score (nSPS) is 10.2. The highest BCUT2D eigenvalue weighted by atomic mass is 35.5. The molecule has 98 valence electrons. The number of aromatic nitrogens is 2. The van der Waals surface area contributed by atoms with Gasteiger partial charge >= 0.3 is 6.09 Å². The van der Waals surface area contributed by atoms with Crippen molar-refractivity contribution in [3.05, 3.63) is 46.3 Å². The Morgan fingerprint density at radius 3 is 2.58 bits per heavy atom. The van der Waals surface area contributed by atoms with Gasteiger partial charge in [-0.05, 0) is 17.2 Å². The number of hydrogen-bond acceptors (Lipinski definition) is 4. The largest absolute Gasteiger partial charge is 0.445 e. The van der Waals surface area contributed by atoms with Crippen LogP contribution < -0.4 is 5.73 Å². The maximum atomic E-state index is 10.5. The van der Waals surface area contributed by atoms with E-state index < -0.39 is 6.09 Å². The number of carbonyl (C=O) groups is 1. The van der Waals surface area contributed by atoms with Crippen LogP contribution in [0.15, 0.2) is 30.5 Å². The summed E-state index contributed by atoms with van der Waals surface area (Å²) in [4.78, 5) is 18.3. The molecule has 0 aliphatic carbocycles. The summed E-state index contributed by atoms with van der Waals surface area (Å²) in [6.45, 7) is 0.119. The summed E-state index contributed by atoms with van der Waals surface area (Å²) in [5.41, 5.74) is 7.03. The molecule has 5 nitrogen and oxygen atoms in total. The van der Waals surface area contributed by atoms with Gasteiger partial charge in [0.05, 0.1) is 16.9 Å². The Kier molecular flexibility index (Phi) is 4.19. The van der Waals surface area contributed by atoms with Crippen LogP contribution in [-0.4, -0.2) is 16.1 Å². The van der Waals surface area contributed by atoms with Crippen LogP contribution >= 0.6 is 23.2 Å². The van der Waals surface area contributed by atoms with Crippen LogP contribution in [0.2, 0.25) is 10.3 Å². The summed E-state index contributed by atoms with van der Waals surface area (Å²) in [5.74, 6) is 0. The van der Waals surface area contributed by atoms with E-state index in [1.165, 1.54) is 6.20 Å². The van der Waals surface area contributed by atoms with E-state index in [1.807, 2.05) is 0 Å². The molecule has 19 heavy (non-hydrogen) atoms.